The first-order chi connectivity index (χ1) is 15.7. The van der Waals surface area contributed by atoms with Crippen LogP contribution in [-0.2, 0) is 9.47 Å². The van der Waals surface area contributed by atoms with Crippen LogP contribution in [0.4, 0.5) is 0 Å². The zero-order valence-electron chi connectivity index (χ0n) is 17.6. The Bertz CT molecular complexity index is 1230. The Kier molecular flexibility index (Phi) is 6.74. The number of para-hydroxylation sites is 1. The second-order valence-corrected chi connectivity index (χ2v) is 7.53. The van der Waals surface area contributed by atoms with E-state index < -0.39 is 0 Å². The largest absolute Gasteiger partial charge is 0.465 e. The molecule has 0 atom stereocenters. The van der Waals surface area contributed by atoms with Gasteiger partial charge < -0.3 is 14.2 Å². The van der Waals surface area contributed by atoms with Gasteiger partial charge in [-0.15, -0.1) is 16.4 Å². The van der Waals surface area contributed by atoms with Gasteiger partial charge in [0.2, 0.25) is 5.88 Å². The highest BCUT2D eigenvalue weighted by Crippen LogP contribution is 2.29. The van der Waals surface area contributed by atoms with Gasteiger partial charge in [-0.1, -0.05) is 36.4 Å². The minimum Gasteiger partial charge on any atom is -0.465 e. The van der Waals surface area contributed by atoms with Gasteiger partial charge in [0, 0.05) is 24.3 Å². The van der Waals surface area contributed by atoms with E-state index in [0.29, 0.717) is 11.4 Å². The Morgan fingerprint density at radius 2 is 1.84 bits per heavy atom. The highest BCUT2D eigenvalue weighted by atomic mass is 32.1. The van der Waals surface area contributed by atoms with Crippen LogP contribution >= 0.6 is 11.3 Å². The fraction of sp³-hybridized carbons (Fsp3) is 0.125. The summed E-state index contributed by atoms with van der Waals surface area (Å²) in [6.45, 7) is 0.0950. The molecule has 4 aromatic rings. The predicted molar refractivity (Wildman–Crippen MR) is 124 cm³/mol. The lowest BCUT2D eigenvalue weighted by Crippen LogP contribution is -2.03. The molecule has 0 N–H and O–H groups in total. The van der Waals surface area contributed by atoms with Crippen LogP contribution in [0.2, 0.25) is 0 Å². The number of esters is 1. The van der Waals surface area contributed by atoms with Gasteiger partial charge in [-0.2, -0.15) is 0 Å². The highest BCUT2D eigenvalue weighted by Gasteiger charge is 2.15. The van der Waals surface area contributed by atoms with Gasteiger partial charge in [-0.25, -0.2) is 14.5 Å². The summed E-state index contributed by atoms with van der Waals surface area (Å²) in [5.74, 6) is 0.0691. The predicted octanol–water partition coefficient (Wildman–Crippen LogP) is 4.94. The fourth-order valence-corrected chi connectivity index (χ4v) is 3.87. The number of methoxy groups -OCH3 is 2. The molecule has 2 aromatic heterocycles. The van der Waals surface area contributed by atoms with Gasteiger partial charge in [-0.3, -0.25) is 0 Å². The van der Waals surface area contributed by atoms with Crippen molar-refractivity contribution in [2.45, 2.75) is 0 Å². The smallest absolute Gasteiger partial charge is 0.338 e. The molecule has 2 heterocycles. The van der Waals surface area contributed by atoms with Crippen molar-refractivity contribution in [1.29, 1.82) is 0 Å². The van der Waals surface area contributed by atoms with E-state index in [1.54, 1.807) is 23.9 Å². The summed E-state index contributed by atoms with van der Waals surface area (Å²) in [5.41, 5.74) is 3.69. The number of benzene rings is 2. The number of carbonyl (C=O) groups excluding carboxylic acids is 1. The fourth-order valence-electron chi connectivity index (χ4n) is 3.04. The van der Waals surface area contributed by atoms with E-state index in [1.165, 1.54) is 18.4 Å². The SMILES string of the molecule is COCOc1nn(-c2ccccc2)cc1/C=C/c1csc(-c2ccccc2C(=O)OC)n1. The lowest BCUT2D eigenvalue weighted by Gasteiger charge is -2.04. The maximum Gasteiger partial charge on any atom is 0.338 e. The molecule has 0 radical (unpaired) electrons. The molecule has 0 fully saturated rings. The molecule has 162 valence electrons. The van der Waals surface area contributed by atoms with Crippen LogP contribution in [0.25, 0.3) is 28.4 Å². The molecular formula is C24H21N3O4S. The molecule has 0 aliphatic heterocycles. The number of aromatic nitrogens is 3. The number of nitrogens with zero attached hydrogens (tertiary/aromatic N) is 3. The van der Waals surface area contributed by atoms with Crippen molar-refractivity contribution in [3.05, 3.63) is 83.0 Å². The summed E-state index contributed by atoms with van der Waals surface area (Å²) in [6.07, 6.45) is 5.66. The topological polar surface area (TPSA) is 75.5 Å². The van der Waals surface area contributed by atoms with E-state index in [1.807, 2.05) is 66.2 Å². The first-order valence-electron chi connectivity index (χ1n) is 9.77. The van der Waals surface area contributed by atoms with Crippen LogP contribution in [0.1, 0.15) is 21.6 Å². The van der Waals surface area contributed by atoms with Gasteiger partial charge in [0.25, 0.3) is 0 Å². The molecular weight excluding hydrogens is 426 g/mol. The minimum absolute atomic E-state index is 0.0950. The van der Waals surface area contributed by atoms with E-state index in [9.17, 15) is 4.79 Å². The van der Waals surface area contributed by atoms with Crippen LogP contribution in [0.15, 0.2) is 66.2 Å². The normalized spacial score (nSPS) is 11.1. The molecule has 0 saturated carbocycles. The molecule has 0 bridgehead atoms. The molecule has 0 unspecified atom stereocenters. The third-order valence-corrected chi connectivity index (χ3v) is 5.45. The van der Waals surface area contributed by atoms with Crippen LogP contribution in [-0.4, -0.2) is 41.7 Å². The second kappa shape index (κ2) is 10.0. The molecule has 0 aliphatic rings. The number of thiazole rings is 1. The molecule has 0 aliphatic carbocycles. The van der Waals surface area contributed by atoms with Gasteiger partial charge in [-0.05, 0) is 30.4 Å². The van der Waals surface area contributed by atoms with Crippen molar-refractivity contribution in [3.8, 4) is 22.1 Å². The summed E-state index contributed by atoms with van der Waals surface area (Å²) in [7, 11) is 2.93. The standard InChI is InChI=1S/C24H21N3O4S/c1-29-16-31-22-17(14-27(26-22)19-8-4-3-5-9-19)12-13-18-15-32-23(25-18)20-10-6-7-11-21(20)24(28)30-2/h3-15H,16H2,1-2H3/b13-12+. The van der Waals surface area contributed by atoms with E-state index in [-0.39, 0.29) is 12.8 Å². The highest BCUT2D eigenvalue weighted by molar-refractivity contribution is 7.13. The van der Waals surface area contributed by atoms with Gasteiger partial charge >= 0.3 is 5.97 Å². The molecule has 32 heavy (non-hydrogen) atoms. The quantitative estimate of drug-likeness (QED) is 0.281. The average Bonchev–Trinajstić information content (AvgIpc) is 3.48. The molecule has 2 aromatic carbocycles. The Balaban J connectivity index is 1.61. The Hall–Kier alpha value is -3.75. The summed E-state index contributed by atoms with van der Waals surface area (Å²) < 4.78 is 17.3. The van der Waals surface area contributed by atoms with Gasteiger partial charge in [0.15, 0.2) is 6.79 Å². The van der Waals surface area contributed by atoms with Crippen LogP contribution < -0.4 is 4.74 Å². The first kappa shape index (κ1) is 21.5. The van der Waals surface area contributed by atoms with E-state index in [0.717, 1.165) is 27.5 Å². The van der Waals surface area contributed by atoms with Crippen molar-refractivity contribution in [3.63, 3.8) is 0 Å². The summed E-state index contributed by atoms with van der Waals surface area (Å²) in [4.78, 5) is 16.7. The number of carbonyl (C=O) groups is 1. The maximum absolute atomic E-state index is 12.1. The molecule has 4 rings (SSSR count). The number of hydrogen-bond donors (Lipinski definition) is 0. The summed E-state index contributed by atoms with van der Waals surface area (Å²) in [6, 6.07) is 17.0. The van der Waals surface area contributed by atoms with Gasteiger partial charge in [0.05, 0.1) is 29.6 Å². The van der Waals surface area contributed by atoms with E-state index >= 15 is 0 Å². The van der Waals surface area contributed by atoms with E-state index in [2.05, 4.69) is 10.1 Å². The van der Waals surface area contributed by atoms with E-state index in [4.69, 9.17) is 14.2 Å². The maximum atomic E-state index is 12.1. The molecule has 0 spiro atoms. The number of rotatable bonds is 8. The monoisotopic (exact) mass is 447 g/mol. The lowest BCUT2D eigenvalue weighted by atomic mass is 10.1. The Labute approximate surface area is 189 Å². The third kappa shape index (κ3) is 4.77. The molecule has 0 saturated heterocycles. The zero-order valence-corrected chi connectivity index (χ0v) is 18.4. The Morgan fingerprint density at radius 3 is 2.62 bits per heavy atom. The summed E-state index contributed by atoms with van der Waals surface area (Å²) in [5, 5.41) is 7.18. The zero-order chi connectivity index (χ0) is 22.3. The second-order valence-electron chi connectivity index (χ2n) is 6.67. The summed E-state index contributed by atoms with van der Waals surface area (Å²) >= 11 is 1.46. The van der Waals surface area contributed by atoms with Crippen molar-refractivity contribution in [2.24, 2.45) is 0 Å². The third-order valence-electron chi connectivity index (χ3n) is 4.56. The lowest BCUT2D eigenvalue weighted by molar-refractivity contribution is 0.0474. The number of hydrogen-bond acceptors (Lipinski definition) is 7. The number of ether oxygens (including phenoxy) is 3. The van der Waals surface area contributed by atoms with Gasteiger partial charge in [0.1, 0.15) is 5.01 Å². The molecule has 7 nitrogen and oxygen atoms in total. The first-order valence-corrected chi connectivity index (χ1v) is 10.7. The average molecular weight is 448 g/mol. The van der Waals surface area contributed by atoms with Crippen LogP contribution in [0, 0.1) is 0 Å². The van der Waals surface area contributed by atoms with Crippen molar-refractivity contribution in [1.82, 2.24) is 14.8 Å². The minimum atomic E-state index is -0.388. The van der Waals surface area contributed by atoms with Crippen LogP contribution in [0.5, 0.6) is 5.88 Å². The molecule has 0 amide bonds. The Morgan fingerprint density at radius 1 is 1.06 bits per heavy atom. The van der Waals surface area contributed by atoms with Crippen molar-refractivity contribution in [2.75, 3.05) is 21.0 Å². The van der Waals surface area contributed by atoms with Crippen molar-refractivity contribution < 1.29 is 19.0 Å². The van der Waals surface area contributed by atoms with Crippen LogP contribution in [0.3, 0.4) is 0 Å². The molecule has 8 heteroatoms. The van der Waals surface area contributed by atoms with Crippen molar-refractivity contribution >= 4 is 29.5 Å².